The third kappa shape index (κ3) is 9.54. The first-order valence-electron chi connectivity index (χ1n) is 15.9. The number of aromatic carboxylic acids is 1. The van der Waals surface area contributed by atoms with Crippen molar-refractivity contribution in [3.8, 4) is 11.1 Å². The molecule has 10 heteroatoms. The molecule has 1 fully saturated rings. The van der Waals surface area contributed by atoms with Crippen LogP contribution in [-0.2, 0) is 32.2 Å². The molecule has 48 heavy (non-hydrogen) atoms. The molecular formula is C38H39NO8S. The summed E-state index contributed by atoms with van der Waals surface area (Å²) in [5.74, 6) is -1.41. The van der Waals surface area contributed by atoms with Gasteiger partial charge in [0.1, 0.15) is 0 Å². The maximum absolute atomic E-state index is 12.4. The van der Waals surface area contributed by atoms with Gasteiger partial charge in [-0.05, 0) is 52.8 Å². The van der Waals surface area contributed by atoms with Gasteiger partial charge < -0.3 is 30.1 Å². The van der Waals surface area contributed by atoms with Gasteiger partial charge in [-0.15, -0.1) is 11.8 Å². The fourth-order valence-electron chi connectivity index (χ4n) is 5.59. The van der Waals surface area contributed by atoms with Crippen LogP contribution in [0.25, 0.3) is 11.1 Å². The molecule has 0 aliphatic carbocycles. The van der Waals surface area contributed by atoms with Crippen LogP contribution in [0.3, 0.4) is 0 Å². The summed E-state index contributed by atoms with van der Waals surface area (Å²) in [6.45, 7) is 0.307. The van der Waals surface area contributed by atoms with E-state index in [1.807, 2.05) is 78.9 Å². The van der Waals surface area contributed by atoms with Gasteiger partial charge in [0.25, 0.3) is 0 Å². The van der Waals surface area contributed by atoms with Crippen molar-refractivity contribution in [2.75, 3.05) is 5.75 Å². The summed E-state index contributed by atoms with van der Waals surface area (Å²) >= 11 is 1.45. The van der Waals surface area contributed by atoms with Crippen LogP contribution in [0.2, 0.25) is 0 Å². The quantitative estimate of drug-likeness (QED) is 0.0767. The van der Waals surface area contributed by atoms with Gasteiger partial charge in [0.05, 0.1) is 24.4 Å². The van der Waals surface area contributed by atoms with Crippen molar-refractivity contribution in [2.24, 2.45) is 0 Å². The molecule has 1 aliphatic heterocycles. The zero-order chi connectivity index (χ0) is 33.9. The Morgan fingerprint density at radius 3 is 2.21 bits per heavy atom. The number of carboxylic acid groups (broad SMARTS) is 2. The van der Waals surface area contributed by atoms with Crippen molar-refractivity contribution in [2.45, 2.75) is 68.6 Å². The van der Waals surface area contributed by atoms with E-state index in [9.17, 15) is 24.6 Å². The van der Waals surface area contributed by atoms with Gasteiger partial charge in [-0.3, -0.25) is 9.59 Å². The number of rotatable bonds is 15. The molecule has 4 aromatic rings. The highest BCUT2D eigenvalue weighted by molar-refractivity contribution is 7.99. The molecule has 3 unspecified atom stereocenters. The fourth-order valence-corrected chi connectivity index (χ4v) is 6.66. The van der Waals surface area contributed by atoms with E-state index in [4.69, 9.17) is 14.6 Å². The average molecular weight is 670 g/mol. The predicted molar refractivity (Wildman–Crippen MR) is 182 cm³/mol. The van der Waals surface area contributed by atoms with Crippen LogP contribution in [0.1, 0.15) is 77.1 Å². The minimum Gasteiger partial charge on any atom is -0.481 e. The first-order valence-corrected chi connectivity index (χ1v) is 16.9. The number of hydrogen-bond acceptors (Lipinski definition) is 7. The lowest BCUT2D eigenvalue weighted by atomic mass is 9.97. The van der Waals surface area contributed by atoms with E-state index in [1.54, 1.807) is 18.2 Å². The second-order valence-electron chi connectivity index (χ2n) is 11.6. The summed E-state index contributed by atoms with van der Waals surface area (Å²) in [7, 11) is 0. The lowest BCUT2D eigenvalue weighted by molar-refractivity contribution is -0.245. The summed E-state index contributed by atoms with van der Waals surface area (Å²) in [5.41, 5.74) is 5.78. The van der Waals surface area contributed by atoms with E-state index in [-0.39, 0.29) is 43.1 Å². The molecule has 0 spiro atoms. The number of aliphatic hydroxyl groups excluding tert-OH is 1. The number of ether oxygens (including phenoxy) is 2. The van der Waals surface area contributed by atoms with Crippen molar-refractivity contribution in [1.29, 1.82) is 0 Å². The Morgan fingerprint density at radius 1 is 0.792 bits per heavy atom. The highest BCUT2D eigenvalue weighted by atomic mass is 32.2. The van der Waals surface area contributed by atoms with Crippen molar-refractivity contribution < 1.29 is 39.2 Å². The molecule has 0 bridgehead atoms. The molecule has 9 nitrogen and oxygen atoms in total. The highest BCUT2D eigenvalue weighted by Crippen LogP contribution is 2.40. The van der Waals surface area contributed by atoms with Crippen LogP contribution in [-0.4, -0.2) is 45.0 Å². The van der Waals surface area contributed by atoms with E-state index < -0.39 is 18.2 Å². The third-order valence-electron chi connectivity index (χ3n) is 8.19. The van der Waals surface area contributed by atoms with E-state index >= 15 is 0 Å². The number of nitrogens with one attached hydrogen (secondary N) is 1. The molecule has 250 valence electrons. The number of benzene rings is 4. The SMILES string of the molecule is O=C(O)CCCCC(=O)NCc1ccccc1-c1ccc(C2OC(CSc3ccccc3C(=O)O)CC(c3ccc(CO)cc3)O2)cc1. The maximum atomic E-state index is 12.4. The van der Waals surface area contributed by atoms with Gasteiger partial charge in [0.15, 0.2) is 6.29 Å². The van der Waals surface area contributed by atoms with Gasteiger partial charge in [-0.2, -0.15) is 0 Å². The smallest absolute Gasteiger partial charge is 0.336 e. The second-order valence-corrected chi connectivity index (χ2v) is 12.7. The number of aliphatic hydroxyl groups is 1. The summed E-state index contributed by atoms with van der Waals surface area (Å²) in [6.07, 6.45) is 0.744. The molecule has 0 saturated carbocycles. The summed E-state index contributed by atoms with van der Waals surface area (Å²) in [4.78, 5) is 35.5. The first kappa shape index (κ1) is 34.8. The highest BCUT2D eigenvalue weighted by Gasteiger charge is 2.32. The molecule has 3 atom stereocenters. The lowest BCUT2D eigenvalue weighted by Crippen LogP contribution is -2.31. The summed E-state index contributed by atoms with van der Waals surface area (Å²) < 4.78 is 13.0. The first-order chi connectivity index (χ1) is 23.3. The molecular weight excluding hydrogens is 630 g/mol. The zero-order valence-corrected chi connectivity index (χ0v) is 27.2. The largest absolute Gasteiger partial charge is 0.481 e. The Morgan fingerprint density at radius 2 is 1.48 bits per heavy atom. The monoisotopic (exact) mass is 669 g/mol. The molecule has 1 aliphatic rings. The molecule has 1 amide bonds. The number of carboxylic acids is 2. The number of aliphatic carboxylic acids is 1. The van der Waals surface area contributed by atoms with E-state index in [1.165, 1.54) is 11.8 Å². The van der Waals surface area contributed by atoms with Gasteiger partial charge in [-0.1, -0.05) is 84.9 Å². The Balaban J connectivity index is 1.29. The Labute approximate surface area is 283 Å². The minimum absolute atomic E-state index is 0.0454. The Kier molecular flexibility index (Phi) is 12.4. The molecule has 0 aromatic heterocycles. The molecule has 0 radical (unpaired) electrons. The minimum atomic E-state index is -0.970. The summed E-state index contributed by atoms with van der Waals surface area (Å²) in [6, 6.07) is 30.4. The van der Waals surface area contributed by atoms with E-state index in [0.717, 1.165) is 33.4 Å². The zero-order valence-electron chi connectivity index (χ0n) is 26.4. The van der Waals surface area contributed by atoms with Crippen LogP contribution in [0.5, 0.6) is 0 Å². The van der Waals surface area contributed by atoms with Crippen molar-refractivity contribution in [3.05, 3.63) is 125 Å². The van der Waals surface area contributed by atoms with Gasteiger partial charge in [0.2, 0.25) is 5.91 Å². The Bertz CT molecular complexity index is 1690. The lowest BCUT2D eigenvalue weighted by Gasteiger charge is -2.36. The van der Waals surface area contributed by atoms with Crippen LogP contribution < -0.4 is 5.32 Å². The van der Waals surface area contributed by atoms with Crippen molar-refractivity contribution >= 4 is 29.6 Å². The Hall–Kier alpha value is -4.48. The molecule has 1 saturated heterocycles. The number of carbonyl (C=O) groups excluding carboxylic acids is 1. The topological polar surface area (TPSA) is 142 Å². The number of hydrogen-bond donors (Lipinski definition) is 4. The van der Waals surface area contributed by atoms with Gasteiger partial charge >= 0.3 is 11.9 Å². The standard InChI is InChI=1S/C38H39NO8S/c40-23-25-13-15-27(16-14-25)33-21-30(24-48-34-10-4-3-9-32(34)37(44)45)46-38(47-33)28-19-17-26(18-20-28)31-8-2-1-7-29(31)22-39-35(41)11-5-6-12-36(42)43/h1-4,7-10,13-20,30,33,38,40H,5-6,11-12,21-24H2,(H,39,41)(H,42,43)(H,44,45). The van der Waals surface area contributed by atoms with Gasteiger partial charge in [-0.25, -0.2) is 4.79 Å². The molecule has 1 heterocycles. The van der Waals surface area contributed by atoms with E-state index in [0.29, 0.717) is 36.5 Å². The van der Waals surface area contributed by atoms with Crippen molar-refractivity contribution in [1.82, 2.24) is 5.32 Å². The normalized spacial score (nSPS) is 17.5. The third-order valence-corrected chi connectivity index (χ3v) is 9.39. The summed E-state index contributed by atoms with van der Waals surface area (Å²) in [5, 5.41) is 30.9. The molecule has 4 N–H and O–H groups in total. The number of carbonyl (C=O) groups is 3. The van der Waals surface area contributed by atoms with Crippen LogP contribution in [0, 0.1) is 0 Å². The second kappa shape index (κ2) is 17.1. The number of amides is 1. The number of thioether (sulfide) groups is 1. The van der Waals surface area contributed by atoms with E-state index in [2.05, 4.69) is 5.32 Å². The number of unbranched alkanes of at least 4 members (excludes halogenated alkanes) is 1. The van der Waals surface area contributed by atoms with Gasteiger partial charge in [0, 0.05) is 42.0 Å². The maximum Gasteiger partial charge on any atom is 0.336 e. The average Bonchev–Trinajstić information content (AvgIpc) is 3.11. The fraction of sp³-hybridized carbons (Fsp3) is 0.289. The van der Waals surface area contributed by atoms with Crippen molar-refractivity contribution in [3.63, 3.8) is 0 Å². The predicted octanol–water partition coefficient (Wildman–Crippen LogP) is 7.14. The molecule has 5 rings (SSSR count). The van der Waals surface area contributed by atoms with Crippen LogP contribution >= 0.6 is 11.8 Å². The van der Waals surface area contributed by atoms with Crippen LogP contribution in [0.15, 0.2) is 102 Å². The van der Waals surface area contributed by atoms with Crippen LogP contribution in [0.4, 0.5) is 0 Å². The molecule has 4 aromatic carbocycles.